The second-order valence-corrected chi connectivity index (χ2v) is 5.66. The van der Waals surface area contributed by atoms with Crippen LogP contribution in [0.15, 0.2) is 0 Å². The molecule has 8 heteroatoms. The quantitative estimate of drug-likeness (QED) is 0.611. The van der Waals surface area contributed by atoms with Crippen molar-refractivity contribution in [3.8, 4) is 0 Å². The number of carboxylic acid groups (broad SMARTS) is 1. The first kappa shape index (κ1) is 15.6. The first-order valence-corrected chi connectivity index (χ1v) is 7.13. The van der Waals surface area contributed by atoms with Gasteiger partial charge in [0.25, 0.3) is 0 Å². The summed E-state index contributed by atoms with van der Waals surface area (Å²) in [6.07, 6.45) is -0.325. The number of piperidine rings is 1. The van der Waals surface area contributed by atoms with Crippen LogP contribution in [0.5, 0.6) is 0 Å². The number of likely N-dealkylation sites (tertiary alicyclic amines) is 1. The van der Waals surface area contributed by atoms with Crippen LogP contribution in [-0.4, -0.2) is 76.2 Å². The number of aliphatic hydroxyl groups excluding tert-OH is 1. The zero-order valence-electron chi connectivity index (χ0n) is 12.0. The first-order chi connectivity index (χ1) is 9.90. The van der Waals surface area contributed by atoms with E-state index in [0.29, 0.717) is 32.6 Å². The van der Waals surface area contributed by atoms with Crippen LogP contribution < -0.4 is 5.32 Å². The zero-order valence-corrected chi connectivity index (χ0v) is 12.0. The number of nitrogens with zero attached hydrogens (tertiary/aromatic N) is 2. The molecule has 8 nitrogen and oxygen atoms in total. The number of nitrogens with one attached hydrogen (secondary N) is 1. The van der Waals surface area contributed by atoms with Crippen molar-refractivity contribution < 1.29 is 24.6 Å². The average molecular weight is 299 g/mol. The lowest BCUT2D eigenvalue weighted by Crippen LogP contribution is -2.61. The Balaban J connectivity index is 2.08. The lowest BCUT2D eigenvalue weighted by atomic mass is 9.97. The maximum absolute atomic E-state index is 12.5. The van der Waals surface area contributed by atoms with Crippen molar-refractivity contribution in [2.45, 2.75) is 31.9 Å². The third-order valence-electron chi connectivity index (χ3n) is 4.08. The number of amides is 3. The molecule has 0 aromatic heterocycles. The van der Waals surface area contributed by atoms with Crippen LogP contribution in [-0.2, 0) is 9.59 Å². The van der Waals surface area contributed by atoms with E-state index in [2.05, 4.69) is 5.32 Å². The van der Waals surface area contributed by atoms with E-state index < -0.39 is 30.4 Å². The highest BCUT2D eigenvalue weighted by atomic mass is 16.4. The summed E-state index contributed by atoms with van der Waals surface area (Å²) in [7, 11) is 0. The third kappa shape index (κ3) is 3.44. The van der Waals surface area contributed by atoms with Gasteiger partial charge in [-0.1, -0.05) is 6.92 Å². The molecule has 2 heterocycles. The number of carbonyl (C=O) groups excluding carboxylic acids is 2. The lowest BCUT2D eigenvalue weighted by molar-refractivity contribution is -0.142. The molecular formula is C13H21N3O5. The van der Waals surface area contributed by atoms with Gasteiger partial charge in [-0.25, -0.2) is 4.79 Å². The summed E-state index contributed by atoms with van der Waals surface area (Å²) in [5, 5.41) is 21.2. The van der Waals surface area contributed by atoms with Gasteiger partial charge in [-0.05, 0) is 12.3 Å². The number of carbonyl (C=O) groups is 3. The number of aliphatic hydroxyl groups is 1. The number of hydrogen-bond acceptors (Lipinski definition) is 4. The normalized spacial score (nSPS) is 30.0. The number of piperazine rings is 1. The fraction of sp³-hybridized carbons (Fsp3) is 0.769. The van der Waals surface area contributed by atoms with Crippen molar-refractivity contribution in [3.63, 3.8) is 0 Å². The summed E-state index contributed by atoms with van der Waals surface area (Å²) in [5.74, 6) is -1.57. The van der Waals surface area contributed by atoms with Crippen molar-refractivity contribution in [2.24, 2.45) is 5.92 Å². The Morgan fingerprint density at radius 1 is 1.38 bits per heavy atom. The summed E-state index contributed by atoms with van der Waals surface area (Å²) in [6, 6.07) is -1.29. The van der Waals surface area contributed by atoms with Gasteiger partial charge in [0.2, 0.25) is 5.91 Å². The molecule has 2 aliphatic rings. The molecule has 3 atom stereocenters. The molecule has 2 fully saturated rings. The van der Waals surface area contributed by atoms with E-state index in [-0.39, 0.29) is 11.9 Å². The molecule has 2 aliphatic heterocycles. The lowest BCUT2D eigenvalue weighted by Gasteiger charge is -2.41. The Kier molecular flexibility index (Phi) is 4.66. The fourth-order valence-corrected chi connectivity index (χ4v) is 2.80. The van der Waals surface area contributed by atoms with Gasteiger partial charge >= 0.3 is 12.0 Å². The minimum atomic E-state index is -1.11. The molecule has 3 N–H and O–H groups in total. The molecule has 118 valence electrons. The second kappa shape index (κ2) is 6.30. The molecular weight excluding hydrogens is 278 g/mol. The van der Waals surface area contributed by atoms with Gasteiger partial charge in [-0.2, -0.15) is 0 Å². The van der Waals surface area contributed by atoms with E-state index in [1.807, 2.05) is 6.92 Å². The number of rotatable bonds is 2. The van der Waals surface area contributed by atoms with Crippen LogP contribution >= 0.6 is 0 Å². The molecule has 3 amide bonds. The Morgan fingerprint density at radius 2 is 2.10 bits per heavy atom. The molecule has 0 aliphatic carbocycles. The van der Waals surface area contributed by atoms with E-state index in [0.717, 1.165) is 0 Å². The highest BCUT2D eigenvalue weighted by Crippen LogP contribution is 2.20. The minimum absolute atomic E-state index is 0.0285. The maximum atomic E-state index is 12.5. The summed E-state index contributed by atoms with van der Waals surface area (Å²) in [6.45, 7) is 3.32. The van der Waals surface area contributed by atoms with Crippen LogP contribution in [0.4, 0.5) is 4.79 Å². The van der Waals surface area contributed by atoms with Gasteiger partial charge in [0.15, 0.2) is 0 Å². The topological polar surface area (TPSA) is 110 Å². The molecule has 3 unspecified atom stereocenters. The van der Waals surface area contributed by atoms with Gasteiger partial charge in [0.1, 0.15) is 6.04 Å². The third-order valence-corrected chi connectivity index (χ3v) is 4.08. The van der Waals surface area contributed by atoms with Crippen LogP contribution in [0.25, 0.3) is 0 Å². The predicted molar refractivity (Wildman–Crippen MR) is 72.5 cm³/mol. The minimum Gasteiger partial charge on any atom is -0.481 e. The summed E-state index contributed by atoms with van der Waals surface area (Å²) in [4.78, 5) is 38.2. The first-order valence-electron chi connectivity index (χ1n) is 7.13. The number of aliphatic carboxylic acids is 1. The number of carboxylic acids is 1. The van der Waals surface area contributed by atoms with E-state index >= 15 is 0 Å². The molecule has 0 spiro atoms. The molecule has 2 rings (SSSR count). The Bertz CT molecular complexity index is 442. The predicted octanol–water partition coefficient (Wildman–Crippen LogP) is -0.916. The molecule has 0 radical (unpaired) electrons. The number of urea groups is 1. The largest absolute Gasteiger partial charge is 0.481 e. The molecule has 0 bridgehead atoms. The molecule has 0 aromatic carbocycles. The molecule has 21 heavy (non-hydrogen) atoms. The summed E-state index contributed by atoms with van der Waals surface area (Å²) < 4.78 is 0. The summed E-state index contributed by atoms with van der Waals surface area (Å²) >= 11 is 0. The van der Waals surface area contributed by atoms with Crippen LogP contribution in [0.1, 0.15) is 19.8 Å². The van der Waals surface area contributed by atoms with Gasteiger partial charge < -0.3 is 25.3 Å². The average Bonchev–Trinajstić information content (AvgIpc) is 2.43. The zero-order chi connectivity index (χ0) is 15.6. The number of hydrogen-bond donors (Lipinski definition) is 3. The Morgan fingerprint density at radius 3 is 2.71 bits per heavy atom. The standard InChI is InChI=1S/C13H21N3O5/c1-8-7-15(4-2-10(8)17)13(21)16-5-3-14-12(20)9(16)6-11(18)19/h8-10,17H,2-7H2,1H3,(H,14,20)(H,18,19). The van der Waals surface area contributed by atoms with Crippen LogP contribution in [0.2, 0.25) is 0 Å². The molecule has 2 saturated heterocycles. The van der Waals surface area contributed by atoms with E-state index in [9.17, 15) is 19.5 Å². The van der Waals surface area contributed by atoms with Gasteiger partial charge in [-0.15, -0.1) is 0 Å². The molecule has 0 saturated carbocycles. The highest BCUT2D eigenvalue weighted by molar-refractivity contribution is 5.91. The van der Waals surface area contributed by atoms with E-state index in [1.165, 1.54) is 4.90 Å². The van der Waals surface area contributed by atoms with Crippen molar-refractivity contribution in [2.75, 3.05) is 26.2 Å². The van der Waals surface area contributed by atoms with Crippen LogP contribution in [0, 0.1) is 5.92 Å². The fourth-order valence-electron chi connectivity index (χ4n) is 2.80. The second-order valence-electron chi connectivity index (χ2n) is 5.66. The van der Waals surface area contributed by atoms with E-state index in [1.54, 1.807) is 4.90 Å². The van der Waals surface area contributed by atoms with Gasteiger partial charge in [0.05, 0.1) is 12.5 Å². The monoisotopic (exact) mass is 299 g/mol. The van der Waals surface area contributed by atoms with E-state index in [4.69, 9.17) is 5.11 Å². The smallest absolute Gasteiger partial charge is 0.320 e. The molecule has 0 aromatic rings. The van der Waals surface area contributed by atoms with Gasteiger partial charge in [-0.3, -0.25) is 9.59 Å². The highest BCUT2D eigenvalue weighted by Gasteiger charge is 2.38. The Hall–Kier alpha value is -1.83. The van der Waals surface area contributed by atoms with Crippen molar-refractivity contribution in [1.29, 1.82) is 0 Å². The van der Waals surface area contributed by atoms with Crippen molar-refractivity contribution in [3.05, 3.63) is 0 Å². The Labute approximate surface area is 122 Å². The SMILES string of the molecule is CC1CN(C(=O)N2CCNC(=O)C2CC(=O)O)CCC1O. The van der Waals surface area contributed by atoms with Gasteiger partial charge in [0, 0.05) is 26.2 Å². The van der Waals surface area contributed by atoms with Crippen molar-refractivity contribution in [1.82, 2.24) is 15.1 Å². The van der Waals surface area contributed by atoms with Crippen molar-refractivity contribution >= 4 is 17.9 Å². The summed E-state index contributed by atoms with van der Waals surface area (Å²) in [5.41, 5.74) is 0. The van der Waals surface area contributed by atoms with Crippen LogP contribution in [0.3, 0.4) is 0 Å². The maximum Gasteiger partial charge on any atom is 0.320 e.